The van der Waals surface area contributed by atoms with E-state index in [1.807, 2.05) is 0 Å². The zero-order valence-electron chi connectivity index (χ0n) is 7.42. The van der Waals surface area contributed by atoms with Gasteiger partial charge in [-0.3, -0.25) is 5.41 Å². The minimum Gasteiger partial charge on any atom is -0.383 e. The van der Waals surface area contributed by atoms with Gasteiger partial charge in [0.25, 0.3) is 0 Å². The van der Waals surface area contributed by atoms with Crippen LogP contribution in [0.25, 0.3) is 0 Å². The van der Waals surface area contributed by atoms with Crippen molar-refractivity contribution >= 4 is 32.2 Å². The highest BCUT2D eigenvalue weighted by atomic mass is 79.9. The molecular weight excluding hydrogens is 246 g/mol. The molecule has 0 saturated heterocycles. The maximum Gasteiger partial charge on any atom is 0.141 e. The highest BCUT2D eigenvalue weighted by Gasteiger charge is 2.11. The van der Waals surface area contributed by atoms with Crippen LogP contribution in [0.5, 0.6) is 0 Å². The number of halogens is 1. The molecule has 0 aliphatic rings. The Labute approximate surface area is 90.1 Å². The minimum atomic E-state index is 0.155. The fourth-order valence-corrected chi connectivity index (χ4v) is 1.31. The van der Waals surface area contributed by atoms with E-state index in [1.54, 1.807) is 6.08 Å². The molecule has 0 saturated carbocycles. The first-order valence-electron chi connectivity index (χ1n) is 3.86. The highest BCUT2D eigenvalue weighted by Crippen LogP contribution is 2.19. The zero-order valence-corrected chi connectivity index (χ0v) is 9.00. The number of rotatable bonds is 4. The van der Waals surface area contributed by atoms with Gasteiger partial charge in [0.15, 0.2) is 0 Å². The fourth-order valence-electron chi connectivity index (χ4n) is 0.918. The van der Waals surface area contributed by atoms with Crippen LogP contribution in [0.1, 0.15) is 5.56 Å². The molecule has 1 heterocycles. The molecule has 0 aromatic carbocycles. The van der Waals surface area contributed by atoms with Gasteiger partial charge in [0.05, 0.1) is 5.56 Å². The summed E-state index contributed by atoms with van der Waals surface area (Å²) in [6.45, 7) is 4.13. The van der Waals surface area contributed by atoms with Crippen LogP contribution in [0.15, 0.2) is 19.0 Å². The van der Waals surface area contributed by atoms with E-state index in [9.17, 15) is 0 Å². The number of nitrogens with two attached hydrogens (primary N) is 1. The van der Waals surface area contributed by atoms with E-state index < -0.39 is 0 Å². The second kappa shape index (κ2) is 4.71. The summed E-state index contributed by atoms with van der Waals surface area (Å²) in [5, 5.41) is 10.4. The van der Waals surface area contributed by atoms with E-state index in [0.29, 0.717) is 17.9 Å². The zero-order chi connectivity index (χ0) is 10.6. The summed E-state index contributed by atoms with van der Waals surface area (Å²) in [7, 11) is 0. The van der Waals surface area contributed by atoms with E-state index >= 15 is 0 Å². The number of nitrogens with one attached hydrogen (secondary N) is 2. The molecule has 74 valence electrons. The maximum atomic E-state index is 7.44. The number of nitrogens with zero attached hydrogens (tertiary/aromatic N) is 2. The summed E-state index contributed by atoms with van der Waals surface area (Å²) in [6, 6.07) is 0. The van der Waals surface area contributed by atoms with Crippen LogP contribution in [0, 0.1) is 5.41 Å². The van der Waals surface area contributed by atoms with Crippen LogP contribution in [0.3, 0.4) is 0 Å². The van der Waals surface area contributed by atoms with Crippen molar-refractivity contribution in [2.75, 3.05) is 17.6 Å². The monoisotopic (exact) mass is 255 g/mol. The molecule has 5 nitrogen and oxygen atoms in total. The lowest BCUT2D eigenvalue weighted by atomic mass is 10.3. The molecule has 14 heavy (non-hydrogen) atoms. The quantitative estimate of drug-likeness (QED) is 0.561. The summed E-state index contributed by atoms with van der Waals surface area (Å²) < 4.78 is 0.155. The summed E-state index contributed by atoms with van der Waals surface area (Å²) >= 11 is 3.03. The Kier molecular flexibility index (Phi) is 3.58. The normalized spacial score (nSPS) is 9.50. The van der Waals surface area contributed by atoms with Crippen LogP contribution in [0.4, 0.5) is 11.6 Å². The number of hydrogen-bond acceptors (Lipinski definition) is 5. The molecule has 0 bridgehead atoms. The van der Waals surface area contributed by atoms with Gasteiger partial charge >= 0.3 is 0 Å². The molecule has 0 amide bonds. The average Bonchev–Trinajstić information content (AvgIpc) is 2.14. The number of nitrogen functional groups attached to an aromatic ring is 1. The Morgan fingerprint density at radius 3 is 3.00 bits per heavy atom. The third-order valence-corrected chi connectivity index (χ3v) is 1.91. The topological polar surface area (TPSA) is 87.7 Å². The summed E-state index contributed by atoms with van der Waals surface area (Å²) in [6.07, 6.45) is 3.04. The van der Waals surface area contributed by atoms with Crippen LogP contribution < -0.4 is 11.1 Å². The number of aromatic nitrogens is 2. The SMILES string of the molecule is C=CCNc1ncnc(N)c1C(=N)Br. The molecular formula is C8H10BrN5. The van der Waals surface area contributed by atoms with E-state index in [2.05, 4.69) is 37.8 Å². The second-order valence-electron chi connectivity index (χ2n) is 2.47. The fraction of sp³-hybridized carbons (Fsp3) is 0.125. The van der Waals surface area contributed by atoms with Crippen molar-refractivity contribution in [2.45, 2.75) is 0 Å². The van der Waals surface area contributed by atoms with Crippen molar-refractivity contribution in [1.29, 1.82) is 5.41 Å². The lowest BCUT2D eigenvalue weighted by Crippen LogP contribution is -2.09. The summed E-state index contributed by atoms with van der Waals surface area (Å²) in [4.78, 5) is 7.78. The van der Waals surface area contributed by atoms with Gasteiger partial charge in [-0.15, -0.1) is 6.58 Å². The van der Waals surface area contributed by atoms with Crippen molar-refractivity contribution in [3.05, 3.63) is 24.5 Å². The van der Waals surface area contributed by atoms with Gasteiger partial charge in [0, 0.05) is 6.54 Å². The standard InChI is InChI=1S/C8H10BrN5/c1-2-3-12-8-5(6(9)10)7(11)13-4-14-8/h2,4,10H,1,3H2,(H3,11,12,13,14). The summed E-state index contributed by atoms with van der Waals surface area (Å²) in [5.74, 6) is 0.799. The lowest BCUT2D eigenvalue weighted by Gasteiger charge is -2.08. The Balaban J connectivity index is 3.07. The van der Waals surface area contributed by atoms with Gasteiger partial charge in [0.1, 0.15) is 22.6 Å². The first-order valence-corrected chi connectivity index (χ1v) is 4.65. The first kappa shape index (κ1) is 10.6. The molecule has 4 N–H and O–H groups in total. The van der Waals surface area contributed by atoms with Gasteiger partial charge in [-0.1, -0.05) is 6.08 Å². The number of anilines is 2. The molecule has 1 rings (SSSR count). The maximum absolute atomic E-state index is 7.44. The average molecular weight is 256 g/mol. The molecule has 6 heteroatoms. The Hall–Kier alpha value is -1.43. The minimum absolute atomic E-state index is 0.155. The van der Waals surface area contributed by atoms with E-state index in [0.717, 1.165) is 0 Å². The predicted molar refractivity (Wildman–Crippen MR) is 60.9 cm³/mol. The Morgan fingerprint density at radius 2 is 2.43 bits per heavy atom. The van der Waals surface area contributed by atoms with Gasteiger partial charge in [-0.2, -0.15) is 0 Å². The molecule has 0 aliphatic carbocycles. The first-order chi connectivity index (χ1) is 6.66. The molecule has 0 atom stereocenters. The van der Waals surface area contributed by atoms with E-state index in [-0.39, 0.29) is 10.4 Å². The van der Waals surface area contributed by atoms with Crippen molar-refractivity contribution in [1.82, 2.24) is 9.97 Å². The molecule has 0 unspecified atom stereocenters. The highest BCUT2D eigenvalue weighted by molar-refractivity contribution is 9.18. The van der Waals surface area contributed by atoms with Gasteiger partial charge < -0.3 is 11.1 Å². The molecule has 0 spiro atoms. The van der Waals surface area contributed by atoms with Crippen LogP contribution in [-0.4, -0.2) is 21.1 Å². The predicted octanol–water partition coefficient (Wildman–Crippen LogP) is 1.38. The van der Waals surface area contributed by atoms with Gasteiger partial charge in [-0.05, 0) is 15.9 Å². The lowest BCUT2D eigenvalue weighted by molar-refractivity contribution is 1.14. The summed E-state index contributed by atoms with van der Waals surface area (Å²) in [5.41, 5.74) is 6.07. The molecule has 0 radical (unpaired) electrons. The van der Waals surface area contributed by atoms with Crippen molar-refractivity contribution < 1.29 is 0 Å². The smallest absolute Gasteiger partial charge is 0.141 e. The number of hydrogen-bond donors (Lipinski definition) is 3. The van der Waals surface area contributed by atoms with Gasteiger partial charge in [-0.25, -0.2) is 9.97 Å². The molecule has 1 aromatic heterocycles. The Morgan fingerprint density at radius 1 is 1.71 bits per heavy atom. The third kappa shape index (κ3) is 2.29. The van der Waals surface area contributed by atoms with Crippen molar-refractivity contribution in [2.24, 2.45) is 0 Å². The van der Waals surface area contributed by atoms with Crippen molar-refractivity contribution in [3.8, 4) is 0 Å². The molecule has 1 aromatic rings. The van der Waals surface area contributed by atoms with Crippen molar-refractivity contribution in [3.63, 3.8) is 0 Å². The largest absolute Gasteiger partial charge is 0.383 e. The van der Waals surface area contributed by atoms with Gasteiger partial charge in [0.2, 0.25) is 0 Å². The Bertz CT molecular complexity index is 363. The van der Waals surface area contributed by atoms with E-state index in [4.69, 9.17) is 11.1 Å². The van der Waals surface area contributed by atoms with Crippen LogP contribution in [-0.2, 0) is 0 Å². The third-order valence-electron chi connectivity index (χ3n) is 1.51. The molecule has 0 fully saturated rings. The second-order valence-corrected chi connectivity index (χ2v) is 3.26. The van der Waals surface area contributed by atoms with Crippen LogP contribution in [0.2, 0.25) is 0 Å². The van der Waals surface area contributed by atoms with Crippen LogP contribution >= 0.6 is 15.9 Å². The molecule has 0 aliphatic heterocycles. The van der Waals surface area contributed by atoms with E-state index in [1.165, 1.54) is 6.33 Å².